The van der Waals surface area contributed by atoms with Crippen molar-refractivity contribution in [1.29, 1.82) is 0 Å². The van der Waals surface area contributed by atoms with Gasteiger partial charge in [0.2, 0.25) is 0 Å². The van der Waals surface area contributed by atoms with Crippen molar-refractivity contribution in [1.82, 2.24) is 10.4 Å². The average Bonchev–Trinajstić information content (AvgIpc) is 3.12. The molecule has 3 rings (SSSR count). The molecule has 0 radical (unpaired) electrons. The van der Waals surface area contributed by atoms with Crippen LogP contribution in [0.5, 0.6) is 23.0 Å². The first-order valence-corrected chi connectivity index (χ1v) is 8.01. The number of phenolic OH excluding ortho intramolecular Hbond substituents is 1. The number of carbonyl (C=O) groups is 1. The maximum Gasteiger partial charge on any atom is 0.287 e. The number of hydrogen-bond acceptors (Lipinski definition) is 6. The Morgan fingerprint density at radius 1 is 1.11 bits per heavy atom. The van der Waals surface area contributed by atoms with Gasteiger partial charge in [0.05, 0.1) is 33.1 Å². The number of para-hydroxylation sites is 1. The molecule has 0 saturated heterocycles. The Labute approximate surface area is 155 Å². The lowest BCUT2D eigenvalue weighted by Gasteiger charge is -2.04. The quantitative estimate of drug-likeness (QED) is 0.458. The van der Waals surface area contributed by atoms with Crippen LogP contribution in [0.2, 0.25) is 0 Å². The molecule has 0 unspecified atom stereocenters. The topological polar surface area (TPSA) is 105 Å². The first kappa shape index (κ1) is 18.1. The van der Waals surface area contributed by atoms with Crippen molar-refractivity contribution in [2.75, 3.05) is 21.3 Å². The second-order valence-corrected chi connectivity index (χ2v) is 5.57. The van der Waals surface area contributed by atoms with Gasteiger partial charge in [-0.05, 0) is 18.2 Å². The second-order valence-electron chi connectivity index (χ2n) is 5.57. The first-order valence-electron chi connectivity index (χ1n) is 8.01. The van der Waals surface area contributed by atoms with Crippen molar-refractivity contribution >= 4 is 23.0 Å². The summed E-state index contributed by atoms with van der Waals surface area (Å²) in [5.41, 5.74) is 3.84. The molecule has 1 heterocycles. The third kappa shape index (κ3) is 3.64. The molecule has 0 saturated carbocycles. The van der Waals surface area contributed by atoms with E-state index in [0.717, 1.165) is 5.39 Å². The number of carbonyl (C=O) groups excluding carboxylic acids is 1. The Morgan fingerprint density at radius 2 is 1.89 bits per heavy atom. The van der Waals surface area contributed by atoms with Crippen LogP contribution in [0.1, 0.15) is 16.1 Å². The molecule has 0 aliphatic carbocycles. The maximum atomic E-state index is 12.4. The summed E-state index contributed by atoms with van der Waals surface area (Å²) in [6.07, 6.45) is 1.34. The molecule has 0 aliphatic rings. The van der Waals surface area contributed by atoms with E-state index < -0.39 is 5.91 Å². The van der Waals surface area contributed by atoms with E-state index in [1.165, 1.54) is 13.3 Å². The van der Waals surface area contributed by atoms with Crippen molar-refractivity contribution in [2.24, 2.45) is 5.10 Å². The van der Waals surface area contributed by atoms with Crippen LogP contribution in [0.4, 0.5) is 0 Å². The first-order chi connectivity index (χ1) is 13.1. The van der Waals surface area contributed by atoms with Gasteiger partial charge in [0, 0.05) is 23.1 Å². The molecule has 1 amide bonds. The minimum atomic E-state index is -0.439. The normalized spacial score (nSPS) is 10.9. The third-order valence-electron chi connectivity index (χ3n) is 3.99. The molecular formula is C19H19N3O5. The number of methoxy groups -OCH3 is 3. The predicted molar refractivity (Wildman–Crippen MR) is 101 cm³/mol. The summed E-state index contributed by atoms with van der Waals surface area (Å²) in [4.78, 5) is 15.4. The average molecular weight is 369 g/mol. The number of phenols is 1. The van der Waals surface area contributed by atoms with E-state index in [1.807, 2.05) is 0 Å². The number of ether oxygens (including phenoxy) is 3. The summed E-state index contributed by atoms with van der Waals surface area (Å²) in [5.74, 6) is 1.03. The van der Waals surface area contributed by atoms with E-state index >= 15 is 0 Å². The summed E-state index contributed by atoms with van der Waals surface area (Å²) in [5, 5.41) is 14.6. The fraction of sp³-hybridized carbons (Fsp3) is 0.158. The van der Waals surface area contributed by atoms with Crippen LogP contribution in [0.3, 0.4) is 0 Å². The second kappa shape index (κ2) is 7.69. The number of hydrazone groups is 1. The molecular weight excluding hydrogens is 350 g/mol. The Bertz CT molecular complexity index is 1010. The summed E-state index contributed by atoms with van der Waals surface area (Å²) in [6, 6.07) is 10.2. The van der Waals surface area contributed by atoms with E-state index in [-0.39, 0.29) is 5.75 Å². The lowest BCUT2D eigenvalue weighted by molar-refractivity contribution is 0.0951. The van der Waals surface area contributed by atoms with Gasteiger partial charge in [0.1, 0.15) is 17.2 Å². The van der Waals surface area contributed by atoms with E-state index in [4.69, 9.17) is 14.2 Å². The number of hydrogen-bond donors (Lipinski definition) is 3. The number of aromatic nitrogens is 1. The number of amides is 1. The van der Waals surface area contributed by atoms with Crippen LogP contribution in [-0.2, 0) is 0 Å². The van der Waals surface area contributed by atoms with Gasteiger partial charge in [-0.3, -0.25) is 4.79 Å². The van der Waals surface area contributed by atoms with Gasteiger partial charge >= 0.3 is 0 Å². The molecule has 3 aromatic rings. The van der Waals surface area contributed by atoms with Crippen molar-refractivity contribution in [3.8, 4) is 23.0 Å². The highest BCUT2D eigenvalue weighted by Crippen LogP contribution is 2.31. The van der Waals surface area contributed by atoms with Crippen LogP contribution in [0, 0.1) is 0 Å². The molecule has 0 spiro atoms. The molecule has 140 valence electrons. The standard InChI is InChI=1S/C19H19N3O5/c1-25-12-7-14-13(17(8-12)27-3)9-15(21-14)19(24)22-20-10-11-5-4-6-16(26-2)18(11)23/h4-10,21,23H,1-3H3,(H,22,24). The number of fused-ring (bicyclic) bond motifs is 1. The van der Waals surface area contributed by atoms with Gasteiger partial charge in [-0.25, -0.2) is 5.43 Å². The minimum absolute atomic E-state index is 0.0551. The van der Waals surface area contributed by atoms with Crippen molar-refractivity contribution in [3.63, 3.8) is 0 Å². The highest BCUT2D eigenvalue weighted by atomic mass is 16.5. The SMILES string of the molecule is COc1cc(OC)c2cc(C(=O)NN=Cc3cccc(OC)c3O)[nH]c2c1. The maximum absolute atomic E-state index is 12.4. The zero-order chi connectivity index (χ0) is 19.4. The molecule has 0 bridgehead atoms. The number of aromatic amines is 1. The molecule has 3 N–H and O–H groups in total. The number of nitrogens with one attached hydrogen (secondary N) is 2. The smallest absolute Gasteiger partial charge is 0.287 e. The van der Waals surface area contributed by atoms with Crippen molar-refractivity contribution in [2.45, 2.75) is 0 Å². The zero-order valence-electron chi connectivity index (χ0n) is 15.1. The molecule has 0 atom stereocenters. The molecule has 0 aliphatic heterocycles. The van der Waals surface area contributed by atoms with Gasteiger partial charge in [-0.1, -0.05) is 6.07 Å². The number of benzene rings is 2. The largest absolute Gasteiger partial charge is 0.504 e. The monoisotopic (exact) mass is 369 g/mol. The molecule has 8 nitrogen and oxygen atoms in total. The highest BCUT2D eigenvalue weighted by Gasteiger charge is 2.13. The van der Waals surface area contributed by atoms with Crippen LogP contribution in [0.25, 0.3) is 10.9 Å². The van der Waals surface area contributed by atoms with Gasteiger partial charge in [-0.15, -0.1) is 0 Å². The number of nitrogens with zero attached hydrogens (tertiary/aromatic N) is 1. The minimum Gasteiger partial charge on any atom is -0.504 e. The summed E-state index contributed by atoms with van der Waals surface area (Å²) >= 11 is 0. The lowest BCUT2D eigenvalue weighted by Crippen LogP contribution is -2.17. The van der Waals surface area contributed by atoms with Crippen LogP contribution in [-0.4, -0.2) is 43.5 Å². The van der Waals surface area contributed by atoms with Crippen LogP contribution >= 0.6 is 0 Å². The van der Waals surface area contributed by atoms with Crippen LogP contribution in [0.15, 0.2) is 41.5 Å². The Morgan fingerprint density at radius 3 is 2.59 bits per heavy atom. The Kier molecular flexibility index (Phi) is 5.16. The molecule has 8 heteroatoms. The summed E-state index contributed by atoms with van der Waals surface area (Å²) < 4.78 is 15.6. The van der Waals surface area contributed by atoms with Crippen molar-refractivity contribution in [3.05, 3.63) is 47.7 Å². The fourth-order valence-electron chi connectivity index (χ4n) is 2.62. The highest BCUT2D eigenvalue weighted by molar-refractivity contribution is 6.00. The number of aromatic hydroxyl groups is 1. The number of H-pyrrole nitrogens is 1. The summed E-state index contributed by atoms with van der Waals surface area (Å²) in [7, 11) is 4.56. The van der Waals surface area contributed by atoms with Crippen molar-refractivity contribution < 1.29 is 24.1 Å². The fourth-order valence-corrected chi connectivity index (χ4v) is 2.62. The van der Waals surface area contributed by atoms with Gasteiger partial charge in [0.25, 0.3) is 5.91 Å². The van der Waals surface area contributed by atoms with E-state index in [2.05, 4.69) is 15.5 Å². The van der Waals surface area contributed by atoms with Gasteiger partial charge in [0.15, 0.2) is 11.5 Å². The van der Waals surface area contributed by atoms with Crippen LogP contribution < -0.4 is 19.6 Å². The summed E-state index contributed by atoms with van der Waals surface area (Å²) in [6.45, 7) is 0. The third-order valence-corrected chi connectivity index (χ3v) is 3.99. The van der Waals surface area contributed by atoms with E-state index in [9.17, 15) is 9.90 Å². The Hall–Kier alpha value is -3.68. The molecule has 0 fully saturated rings. The Balaban J connectivity index is 1.80. The zero-order valence-corrected chi connectivity index (χ0v) is 15.1. The van der Waals surface area contributed by atoms with Gasteiger partial charge in [-0.2, -0.15) is 5.10 Å². The predicted octanol–water partition coefficient (Wildman–Crippen LogP) is 2.66. The van der Waals surface area contributed by atoms with E-state index in [0.29, 0.717) is 34.0 Å². The number of rotatable bonds is 6. The molecule has 27 heavy (non-hydrogen) atoms. The molecule has 2 aromatic carbocycles. The van der Waals surface area contributed by atoms with Gasteiger partial charge < -0.3 is 24.3 Å². The molecule has 1 aromatic heterocycles. The van der Waals surface area contributed by atoms with E-state index in [1.54, 1.807) is 50.6 Å². The lowest BCUT2D eigenvalue weighted by atomic mass is 10.2.